The van der Waals surface area contributed by atoms with Crippen molar-refractivity contribution in [2.75, 3.05) is 53.2 Å². The first kappa shape index (κ1) is 70.4. The molecule has 3 aliphatic carbocycles. The van der Waals surface area contributed by atoms with Crippen molar-refractivity contribution < 1.29 is 86.8 Å². The molecule has 95 heavy (non-hydrogen) atoms. The molecule has 27 heteroatoms. The van der Waals surface area contributed by atoms with Crippen molar-refractivity contribution in [3.8, 4) is 17.6 Å². The molecule has 2 saturated carbocycles. The van der Waals surface area contributed by atoms with Crippen LogP contribution in [0.4, 0.5) is 20.3 Å². The molecule has 2 bridgehead atoms. The van der Waals surface area contributed by atoms with E-state index >= 15 is 9.59 Å². The number of amides is 3. The number of anilines is 1. The molecule has 4 heterocycles. The lowest BCUT2D eigenvalue weighted by Crippen LogP contribution is -2.81. The molecular formula is C68H81ClN8O18. The van der Waals surface area contributed by atoms with Gasteiger partial charge in [-0.25, -0.2) is 29.0 Å². The van der Waals surface area contributed by atoms with Crippen LogP contribution in [-0.2, 0) is 54.1 Å². The number of aliphatic hydroxyl groups excluding tert-OH is 2. The molecule has 4 aliphatic rings. The van der Waals surface area contributed by atoms with E-state index in [-0.39, 0.29) is 79.1 Å². The third-order valence-electron chi connectivity index (χ3n) is 18.6. The van der Waals surface area contributed by atoms with Crippen molar-refractivity contribution in [2.45, 2.75) is 155 Å². The zero-order valence-electron chi connectivity index (χ0n) is 55.3. The summed E-state index contributed by atoms with van der Waals surface area (Å²) in [4.78, 5) is 116. The number of nitrogens with zero attached hydrogens (tertiary/aromatic N) is 6. The van der Waals surface area contributed by atoms with E-state index in [1.807, 2.05) is 18.4 Å². The summed E-state index contributed by atoms with van der Waals surface area (Å²) in [6, 6.07) is 14.2. The summed E-state index contributed by atoms with van der Waals surface area (Å²) in [5.41, 5.74) is 0.240. The van der Waals surface area contributed by atoms with Gasteiger partial charge >= 0.3 is 36.2 Å². The highest BCUT2D eigenvalue weighted by Gasteiger charge is 2.78. The van der Waals surface area contributed by atoms with Crippen LogP contribution in [0.3, 0.4) is 0 Å². The van der Waals surface area contributed by atoms with Crippen molar-refractivity contribution in [1.29, 1.82) is 0 Å². The van der Waals surface area contributed by atoms with E-state index in [1.54, 1.807) is 88.8 Å². The molecule has 1 unspecified atom stereocenters. The molecule has 9 rings (SSSR count). The molecule has 508 valence electrons. The minimum Gasteiger partial charge on any atom is -0.496 e. The summed E-state index contributed by atoms with van der Waals surface area (Å²) in [5.74, 6) is 1.02. The van der Waals surface area contributed by atoms with Crippen molar-refractivity contribution in [1.82, 2.24) is 34.6 Å². The summed E-state index contributed by atoms with van der Waals surface area (Å²) >= 11 is 6.59. The lowest BCUT2D eigenvalue weighted by molar-refractivity contribution is -0.346. The number of likely N-dealkylation sites (N-methyl/N-ethyl adjacent to an activating group) is 2. The van der Waals surface area contributed by atoms with Crippen LogP contribution in [-0.4, -0.2) is 188 Å². The summed E-state index contributed by atoms with van der Waals surface area (Å²) in [7, 11) is 4.36. The Morgan fingerprint density at radius 1 is 0.947 bits per heavy atom. The van der Waals surface area contributed by atoms with Crippen molar-refractivity contribution in [2.24, 2.45) is 16.7 Å². The first-order chi connectivity index (χ1) is 44.7. The number of carbonyl (C=O) groups excluding carboxylic acids is 7. The van der Waals surface area contributed by atoms with E-state index in [9.17, 15) is 39.3 Å². The van der Waals surface area contributed by atoms with Crippen molar-refractivity contribution >= 4 is 70.6 Å². The van der Waals surface area contributed by atoms with Gasteiger partial charge in [0.2, 0.25) is 12.1 Å². The van der Waals surface area contributed by atoms with Gasteiger partial charge in [0.15, 0.2) is 11.4 Å². The zero-order chi connectivity index (χ0) is 69.4. The first-order valence-corrected chi connectivity index (χ1v) is 31.3. The number of benzene rings is 2. The van der Waals surface area contributed by atoms with Gasteiger partial charge < -0.3 is 78.6 Å². The second-order valence-corrected chi connectivity index (χ2v) is 26.6. The summed E-state index contributed by atoms with van der Waals surface area (Å²) in [6.07, 6.45) is -10.8. The fourth-order valence-electron chi connectivity index (χ4n) is 13.6. The number of ketones is 1. The Labute approximate surface area is 554 Å². The van der Waals surface area contributed by atoms with Gasteiger partial charge in [-0.15, -0.1) is 0 Å². The number of hydrogen-bond donors (Lipinski definition) is 5. The number of alkyl carbamates (subject to hydrolysis) is 1. The number of aromatic nitrogens is 4. The highest BCUT2D eigenvalue weighted by molar-refractivity contribution is 6.34. The molecule has 1 aliphatic heterocycles. The Kier molecular flexibility index (Phi) is 20.4. The van der Waals surface area contributed by atoms with Gasteiger partial charge in [-0.1, -0.05) is 85.8 Å². The second-order valence-electron chi connectivity index (χ2n) is 26.2. The number of esters is 3. The number of hydrogen-bond acceptors (Lipinski definition) is 22. The first-order valence-electron chi connectivity index (χ1n) is 30.9. The highest BCUT2D eigenvalue weighted by atomic mass is 35.5. The summed E-state index contributed by atoms with van der Waals surface area (Å²) < 4.78 is 49.5. The van der Waals surface area contributed by atoms with Crippen LogP contribution < -0.4 is 15.8 Å². The van der Waals surface area contributed by atoms with E-state index in [1.165, 1.54) is 58.8 Å². The Bertz CT molecular complexity index is 3900. The summed E-state index contributed by atoms with van der Waals surface area (Å²) in [6.45, 7) is 15.1. The SMILES string of the molecule is COc1c(C)cnc(Cn2cc(C#CCCOC(=O)N(C)CCN(C)C(=O)O[C@@H](C(=O)O[C@@H]3C[C@@]4(O)[C@H](OC(=O)c5ccccc5)[C@H]5C6(OC(C)=O)CO[C@H]6C[C@H](O)[C@@]5(C)C(=O)[C@H](O)C(=C3C)C4(C)C)[C@@H](NC(=O)OC(C)(C)C)c3ccccc3)c3c(Cl)nc(N)nc32)c1C. The molecule has 0 radical (unpaired) electrons. The number of aryl methyl sites for hydroxylation is 1. The minimum absolute atomic E-state index is 0.0233. The number of rotatable bonds is 17. The number of halogens is 1. The van der Waals surface area contributed by atoms with Gasteiger partial charge in [0, 0.05) is 82.3 Å². The zero-order valence-corrected chi connectivity index (χ0v) is 56.1. The number of Topliss-reactive ketones (excluding diaryl/α,β-unsaturated/α-hetero) is 1. The highest BCUT2D eigenvalue weighted by Crippen LogP contribution is 2.64. The van der Waals surface area contributed by atoms with Gasteiger partial charge in [0.1, 0.15) is 64.8 Å². The Hall–Kier alpha value is -8.87. The predicted molar refractivity (Wildman–Crippen MR) is 342 cm³/mol. The van der Waals surface area contributed by atoms with Gasteiger partial charge in [-0.3, -0.25) is 14.6 Å². The Morgan fingerprint density at radius 3 is 2.22 bits per heavy atom. The third kappa shape index (κ3) is 13.7. The smallest absolute Gasteiger partial charge is 0.410 e. The normalized spacial score (nSPS) is 24.8. The molecule has 0 spiro atoms. The fourth-order valence-corrected chi connectivity index (χ4v) is 13.8. The van der Waals surface area contributed by atoms with Crippen LogP contribution in [0.25, 0.3) is 11.0 Å². The lowest BCUT2D eigenvalue weighted by atomic mass is 9.44. The minimum atomic E-state index is -2.50. The molecule has 3 aromatic heterocycles. The maximum Gasteiger partial charge on any atom is 0.410 e. The van der Waals surface area contributed by atoms with E-state index in [0.29, 0.717) is 22.3 Å². The van der Waals surface area contributed by atoms with Crippen LogP contribution in [0.5, 0.6) is 5.75 Å². The molecule has 11 atom stereocenters. The molecule has 3 fully saturated rings. The number of nitrogens with one attached hydrogen (secondary N) is 1. The van der Waals surface area contributed by atoms with E-state index in [4.69, 9.17) is 55.2 Å². The second kappa shape index (κ2) is 27.5. The average molecular weight is 1330 g/mol. The van der Waals surface area contributed by atoms with E-state index < -0.39 is 125 Å². The van der Waals surface area contributed by atoms with E-state index in [0.717, 1.165) is 28.6 Å². The van der Waals surface area contributed by atoms with Gasteiger partial charge in [0.25, 0.3) is 0 Å². The largest absolute Gasteiger partial charge is 0.496 e. The van der Waals surface area contributed by atoms with Crippen molar-refractivity contribution in [3.63, 3.8) is 0 Å². The third-order valence-corrected chi connectivity index (χ3v) is 18.9. The van der Waals surface area contributed by atoms with Crippen LogP contribution in [0.15, 0.2) is 84.2 Å². The van der Waals surface area contributed by atoms with Crippen LogP contribution in [0, 0.1) is 42.4 Å². The number of ether oxygens (including phenoxy) is 8. The maximum atomic E-state index is 15.5. The topological polar surface area (TPSA) is 342 Å². The molecule has 2 aromatic carbocycles. The molecular weight excluding hydrogens is 1250 g/mol. The number of nitrogens with two attached hydrogens (primary N) is 1. The predicted octanol–water partition coefficient (Wildman–Crippen LogP) is 6.89. The van der Waals surface area contributed by atoms with Crippen LogP contribution >= 0.6 is 11.6 Å². The average Bonchev–Trinajstić information content (AvgIpc) is 0.913. The Morgan fingerprint density at radius 2 is 1.60 bits per heavy atom. The molecule has 26 nitrogen and oxygen atoms in total. The number of carbonyl (C=O) groups is 7. The van der Waals surface area contributed by atoms with Gasteiger partial charge in [-0.05, 0) is 77.3 Å². The number of methoxy groups -OCH3 is 1. The Balaban J connectivity index is 0.971. The fraction of sp³-hybridized carbons (Fsp3) is 0.500. The van der Waals surface area contributed by atoms with Crippen molar-refractivity contribution in [3.05, 3.63) is 123 Å². The maximum absolute atomic E-state index is 15.5. The molecule has 5 aromatic rings. The molecule has 6 N–H and O–H groups in total. The van der Waals surface area contributed by atoms with Crippen LogP contribution in [0.1, 0.15) is 119 Å². The molecule has 3 amide bonds. The van der Waals surface area contributed by atoms with E-state index in [2.05, 4.69) is 32.1 Å². The number of nitrogen functional groups attached to an aromatic ring is 1. The van der Waals surface area contributed by atoms with Gasteiger partial charge in [0.05, 0.1) is 59.9 Å². The van der Waals surface area contributed by atoms with Gasteiger partial charge in [-0.2, -0.15) is 4.98 Å². The molecule has 1 saturated heterocycles. The number of pyridine rings is 1. The number of fused-ring (bicyclic) bond motifs is 6. The standard InChI is InChI=1S/C68H81ClN8O18/c1-36-32-71-43(37(2)51(36)88-13)34-77-33-42(47-56(69)73-60(70)74-57(47)77)26-20-21-29-89-62(85)75(11)27-28-76(12)63(86)92-52(49(40-22-16-14-17-23-40)72-61(84)95-64(5,6)7)59(83)91-44-31-68(87)55(93-58(82)41-24-18-15-19-25-41)53-66(10,54(81)50(80)48(38(44)3)65(68,8)9)45(79)30-46-67(53,35-90-46)94-39(4)78/h14-19,22-25,32-33,44-46,49-50,52-53,55,79-80,87H,21,27-31,34-35H2,1-13H3,(H,72,84)(H2,70,73,74)/t44-,45+,46+,49+,50-,52-,53-,55-,66-,67?,68-/m1/s1. The summed E-state index contributed by atoms with van der Waals surface area (Å²) in [5, 5.41) is 41.9. The number of aliphatic hydroxyl groups is 3. The van der Waals surface area contributed by atoms with Crippen LogP contribution in [0.2, 0.25) is 5.15 Å². The lowest BCUT2D eigenvalue weighted by Gasteiger charge is -2.67. The quantitative estimate of drug-likeness (QED) is 0.0158. The monoisotopic (exact) mass is 1330 g/mol.